The number of aryl methyl sites for hydroxylation is 1. The van der Waals surface area contributed by atoms with E-state index < -0.39 is 0 Å². The summed E-state index contributed by atoms with van der Waals surface area (Å²) in [4.78, 5) is 4.40. The largest absolute Gasteiger partial charge is 0.338 e. The van der Waals surface area contributed by atoms with Crippen LogP contribution in [0.4, 0.5) is 0 Å². The molecule has 0 amide bonds. The Balaban J connectivity index is 1.70. The zero-order chi connectivity index (χ0) is 11.8. The van der Waals surface area contributed by atoms with Gasteiger partial charge in [0.2, 0.25) is 0 Å². The molecule has 2 saturated carbocycles. The molecule has 0 saturated heterocycles. The normalized spacial score (nSPS) is 33.2. The molecule has 1 heterocycles. The Kier molecular flexibility index (Phi) is 2.92. The fourth-order valence-electron chi connectivity index (χ4n) is 3.91. The standard InChI is InChI=1S/C13H22N4/c1-17-5-4-15-13(17)8-12(16-14)11-7-9-2-3-10(11)6-9/h4-5,9-12,16H,2-3,6-8,14H2,1H3. The summed E-state index contributed by atoms with van der Waals surface area (Å²) in [6.07, 6.45) is 10.5. The van der Waals surface area contributed by atoms with E-state index in [1.807, 2.05) is 12.4 Å². The summed E-state index contributed by atoms with van der Waals surface area (Å²) in [7, 11) is 2.05. The molecule has 0 aromatic carbocycles. The third-order valence-electron chi connectivity index (χ3n) is 4.85. The number of hydrazine groups is 1. The van der Waals surface area contributed by atoms with Crippen LogP contribution in [0.15, 0.2) is 12.4 Å². The number of nitrogens with two attached hydrogens (primary N) is 1. The third-order valence-corrected chi connectivity index (χ3v) is 4.85. The van der Waals surface area contributed by atoms with Gasteiger partial charge in [0.25, 0.3) is 0 Å². The first kappa shape index (κ1) is 11.2. The van der Waals surface area contributed by atoms with E-state index >= 15 is 0 Å². The first-order chi connectivity index (χ1) is 8.28. The third kappa shape index (κ3) is 2.00. The molecule has 0 aliphatic heterocycles. The summed E-state index contributed by atoms with van der Waals surface area (Å²) in [5.41, 5.74) is 3.04. The van der Waals surface area contributed by atoms with Crippen molar-refractivity contribution in [3.05, 3.63) is 18.2 Å². The first-order valence-corrected chi connectivity index (χ1v) is 6.70. The van der Waals surface area contributed by atoms with Crippen molar-refractivity contribution < 1.29 is 0 Å². The highest BCUT2D eigenvalue weighted by atomic mass is 15.2. The maximum atomic E-state index is 5.76. The molecule has 3 rings (SSSR count). The van der Waals surface area contributed by atoms with Crippen molar-refractivity contribution in [1.82, 2.24) is 15.0 Å². The van der Waals surface area contributed by atoms with Crippen molar-refractivity contribution in [2.24, 2.45) is 30.6 Å². The van der Waals surface area contributed by atoms with Gasteiger partial charge in [0, 0.05) is 31.9 Å². The molecule has 17 heavy (non-hydrogen) atoms. The quantitative estimate of drug-likeness (QED) is 0.608. The second-order valence-corrected chi connectivity index (χ2v) is 5.77. The molecule has 3 N–H and O–H groups in total. The van der Waals surface area contributed by atoms with Gasteiger partial charge < -0.3 is 4.57 Å². The average molecular weight is 234 g/mol. The second kappa shape index (κ2) is 4.42. The molecule has 2 aliphatic carbocycles. The van der Waals surface area contributed by atoms with Crippen molar-refractivity contribution in [2.75, 3.05) is 0 Å². The minimum Gasteiger partial charge on any atom is -0.338 e. The van der Waals surface area contributed by atoms with E-state index in [9.17, 15) is 0 Å². The maximum Gasteiger partial charge on any atom is 0.109 e. The minimum absolute atomic E-state index is 0.395. The zero-order valence-electron chi connectivity index (χ0n) is 10.5. The molecule has 1 aromatic rings. The Hall–Kier alpha value is -0.870. The molecule has 4 unspecified atom stereocenters. The van der Waals surface area contributed by atoms with E-state index in [0.29, 0.717) is 6.04 Å². The number of nitrogens with one attached hydrogen (secondary N) is 1. The number of nitrogens with zero attached hydrogens (tertiary/aromatic N) is 2. The Morgan fingerprint density at radius 1 is 1.53 bits per heavy atom. The summed E-state index contributed by atoms with van der Waals surface area (Å²) in [5.74, 6) is 9.54. The molecular formula is C13H22N4. The Morgan fingerprint density at radius 2 is 2.41 bits per heavy atom. The van der Waals surface area contributed by atoms with E-state index in [2.05, 4.69) is 22.0 Å². The van der Waals surface area contributed by atoms with E-state index in [1.165, 1.54) is 25.7 Å². The SMILES string of the molecule is Cn1ccnc1CC(NN)C1CC2CCC1C2. The predicted molar refractivity (Wildman–Crippen MR) is 67.0 cm³/mol. The molecule has 4 atom stereocenters. The highest BCUT2D eigenvalue weighted by Crippen LogP contribution is 2.49. The van der Waals surface area contributed by atoms with Crippen LogP contribution >= 0.6 is 0 Å². The fourth-order valence-corrected chi connectivity index (χ4v) is 3.91. The van der Waals surface area contributed by atoms with Crippen molar-refractivity contribution >= 4 is 0 Å². The van der Waals surface area contributed by atoms with Gasteiger partial charge in [-0.25, -0.2) is 4.98 Å². The van der Waals surface area contributed by atoms with Crippen LogP contribution in [-0.4, -0.2) is 15.6 Å². The monoisotopic (exact) mass is 234 g/mol. The molecule has 0 radical (unpaired) electrons. The summed E-state index contributed by atoms with van der Waals surface area (Å²) < 4.78 is 2.09. The Bertz CT molecular complexity index is 387. The van der Waals surface area contributed by atoms with Gasteiger partial charge in [-0.05, 0) is 37.0 Å². The molecule has 4 nitrogen and oxygen atoms in total. The van der Waals surface area contributed by atoms with Crippen molar-refractivity contribution in [3.8, 4) is 0 Å². The number of fused-ring (bicyclic) bond motifs is 2. The predicted octanol–water partition coefficient (Wildman–Crippen LogP) is 1.23. The van der Waals surface area contributed by atoms with E-state index in [1.54, 1.807) is 0 Å². The van der Waals surface area contributed by atoms with Crippen molar-refractivity contribution in [3.63, 3.8) is 0 Å². The summed E-state index contributed by atoms with van der Waals surface area (Å²) >= 11 is 0. The number of aromatic nitrogens is 2. The lowest BCUT2D eigenvalue weighted by Gasteiger charge is -2.29. The highest BCUT2D eigenvalue weighted by molar-refractivity contribution is 5.00. The van der Waals surface area contributed by atoms with Crippen LogP contribution < -0.4 is 11.3 Å². The summed E-state index contributed by atoms with van der Waals surface area (Å²) in [5, 5.41) is 0. The van der Waals surface area contributed by atoms with Crippen molar-refractivity contribution in [2.45, 2.75) is 38.1 Å². The highest BCUT2D eigenvalue weighted by Gasteiger charge is 2.42. The van der Waals surface area contributed by atoms with Crippen LogP contribution in [0, 0.1) is 17.8 Å². The van der Waals surface area contributed by atoms with E-state index in [4.69, 9.17) is 5.84 Å². The lowest BCUT2D eigenvalue weighted by atomic mass is 9.82. The molecule has 1 aromatic heterocycles. The number of imidazole rings is 1. The number of hydrogen-bond donors (Lipinski definition) is 2. The van der Waals surface area contributed by atoms with Crippen LogP contribution in [0.1, 0.15) is 31.5 Å². The average Bonchev–Trinajstić information content (AvgIpc) is 3.02. The van der Waals surface area contributed by atoms with Gasteiger partial charge in [0.1, 0.15) is 5.82 Å². The molecular weight excluding hydrogens is 212 g/mol. The Labute approximate surface area is 103 Å². The topological polar surface area (TPSA) is 55.9 Å². The van der Waals surface area contributed by atoms with Gasteiger partial charge in [-0.1, -0.05) is 6.42 Å². The smallest absolute Gasteiger partial charge is 0.109 e. The van der Waals surface area contributed by atoms with Crippen LogP contribution in [-0.2, 0) is 13.5 Å². The first-order valence-electron chi connectivity index (χ1n) is 6.70. The van der Waals surface area contributed by atoms with Crippen LogP contribution in [0.2, 0.25) is 0 Å². The van der Waals surface area contributed by atoms with Crippen LogP contribution in [0.5, 0.6) is 0 Å². The van der Waals surface area contributed by atoms with Crippen molar-refractivity contribution in [1.29, 1.82) is 0 Å². The lowest BCUT2D eigenvalue weighted by Crippen LogP contribution is -2.44. The van der Waals surface area contributed by atoms with Crippen LogP contribution in [0.3, 0.4) is 0 Å². The van der Waals surface area contributed by atoms with Gasteiger partial charge in [-0.2, -0.15) is 0 Å². The Morgan fingerprint density at radius 3 is 2.94 bits per heavy atom. The number of rotatable bonds is 4. The maximum absolute atomic E-state index is 5.76. The van der Waals surface area contributed by atoms with E-state index in [-0.39, 0.29) is 0 Å². The van der Waals surface area contributed by atoms with Gasteiger partial charge in [-0.15, -0.1) is 0 Å². The molecule has 2 fully saturated rings. The van der Waals surface area contributed by atoms with Crippen LogP contribution in [0.25, 0.3) is 0 Å². The zero-order valence-corrected chi connectivity index (χ0v) is 10.5. The minimum atomic E-state index is 0.395. The molecule has 2 aliphatic rings. The molecule has 2 bridgehead atoms. The second-order valence-electron chi connectivity index (χ2n) is 5.77. The van der Waals surface area contributed by atoms with E-state index in [0.717, 1.165) is 30.0 Å². The van der Waals surface area contributed by atoms with Gasteiger partial charge >= 0.3 is 0 Å². The van der Waals surface area contributed by atoms with Gasteiger partial charge in [0.15, 0.2) is 0 Å². The summed E-state index contributed by atoms with van der Waals surface area (Å²) in [6, 6.07) is 0.395. The van der Waals surface area contributed by atoms with Gasteiger partial charge in [0.05, 0.1) is 0 Å². The fraction of sp³-hybridized carbons (Fsp3) is 0.769. The van der Waals surface area contributed by atoms with Gasteiger partial charge in [-0.3, -0.25) is 11.3 Å². The molecule has 0 spiro atoms. The molecule has 4 heteroatoms. The number of hydrogen-bond acceptors (Lipinski definition) is 3. The lowest BCUT2D eigenvalue weighted by molar-refractivity contribution is 0.245. The molecule has 94 valence electrons. The summed E-state index contributed by atoms with van der Waals surface area (Å²) in [6.45, 7) is 0.